The zero-order valence-electron chi connectivity index (χ0n) is 10.9. The topological polar surface area (TPSA) is 42.7 Å². The van der Waals surface area contributed by atoms with Crippen LogP contribution in [0.3, 0.4) is 0 Å². The Labute approximate surface area is 107 Å². The number of nitrogens with one attached hydrogen (secondary N) is 1. The zero-order chi connectivity index (χ0) is 12.4. The molecule has 0 atom stereocenters. The summed E-state index contributed by atoms with van der Waals surface area (Å²) in [5, 5.41) is 9.08. The number of fused-ring (bicyclic) bond motifs is 1. The molecule has 0 radical (unpaired) electrons. The van der Waals surface area contributed by atoms with Gasteiger partial charge in [0.05, 0.1) is 6.20 Å². The second-order valence-corrected chi connectivity index (χ2v) is 5.13. The molecule has 1 fully saturated rings. The second kappa shape index (κ2) is 5.06. The van der Waals surface area contributed by atoms with E-state index in [0.29, 0.717) is 0 Å². The molecule has 4 heteroatoms. The Morgan fingerprint density at radius 2 is 2.28 bits per heavy atom. The average molecular weight is 244 g/mol. The highest BCUT2D eigenvalue weighted by atomic mass is 15.3. The molecule has 96 valence electrons. The summed E-state index contributed by atoms with van der Waals surface area (Å²) in [5.74, 6) is 0. The van der Waals surface area contributed by atoms with Crippen molar-refractivity contribution in [2.75, 3.05) is 0 Å². The quantitative estimate of drug-likeness (QED) is 0.849. The average Bonchev–Trinajstić information content (AvgIpc) is 3.14. The van der Waals surface area contributed by atoms with E-state index in [0.717, 1.165) is 36.6 Å². The summed E-state index contributed by atoms with van der Waals surface area (Å²) in [7, 11) is 0. The highest BCUT2D eigenvalue weighted by Crippen LogP contribution is 2.20. The lowest BCUT2D eigenvalue weighted by molar-refractivity contribution is 0.584. The zero-order valence-corrected chi connectivity index (χ0v) is 10.9. The van der Waals surface area contributed by atoms with Gasteiger partial charge in [0, 0.05) is 30.7 Å². The van der Waals surface area contributed by atoms with Crippen LogP contribution in [0.2, 0.25) is 0 Å². The van der Waals surface area contributed by atoms with Crippen molar-refractivity contribution in [3.63, 3.8) is 0 Å². The van der Waals surface area contributed by atoms with Crippen molar-refractivity contribution in [1.82, 2.24) is 20.1 Å². The predicted molar refractivity (Wildman–Crippen MR) is 72.3 cm³/mol. The van der Waals surface area contributed by atoms with Crippen molar-refractivity contribution in [3.8, 4) is 0 Å². The molecule has 1 aliphatic rings. The first kappa shape index (κ1) is 11.7. The summed E-state index contributed by atoms with van der Waals surface area (Å²) in [6.45, 7) is 4.08. The SMILES string of the molecule is CCCCn1ncc2cc(CNC3CC3)cnc21. The van der Waals surface area contributed by atoms with Crippen LogP contribution in [0.25, 0.3) is 11.0 Å². The predicted octanol–water partition coefficient (Wildman–Crippen LogP) is 2.48. The Hall–Kier alpha value is -1.42. The van der Waals surface area contributed by atoms with E-state index in [1.807, 2.05) is 17.1 Å². The maximum absolute atomic E-state index is 4.55. The van der Waals surface area contributed by atoms with Crippen LogP contribution in [0.15, 0.2) is 18.5 Å². The normalized spacial score (nSPS) is 15.4. The fourth-order valence-corrected chi connectivity index (χ4v) is 2.14. The molecule has 0 unspecified atom stereocenters. The molecule has 4 nitrogen and oxygen atoms in total. The smallest absolute Gasteiger partial charge is 0.157 e. The van der Waals surface area contributed by atoms with E-state index < -0.39 is 0 Å². The van der Waals surface area contributed by atoms with Gasteiger partial charge < -0.3 is 5.32 Å². The number of unbranched alkanes of at least 4 members (excludes halogenated alkanes) is 1. The summed E-state index contributed by atoms with van der Waals surface area (Å²) in [4.78, 5) is 4.55. The lowest BCUT2D eigenvalue weighted by Crippen LogP contribution is -2.15. The van der Waals surface area contributed by atoms with E-state index >= 15 is 0 Å². The Balaban J connectivity index is 1.75. The highest BCUT2D eigenvalue weighted by Gasteiger charge is 2.20. The summed E-state index contributed by atoms with van der Waals surface area (Å²) < 4.78 is 2.01. The molecular weight excluding hydrogens is 224 g/mol. The summed E-state index contributed by atoms with van der Waals surface area (Å²) in [5.41, 5.74) is 2.27. The maximum atomic E-state index is 4.55. The number of nitrogens with zero attached hydrogens (tertiary/aromatic N) is 3. The van der Waals surface area contributed by atoms with Gasteiger partial charge in [0.25, 0.3) is 0 Å². The van der Waals surface area contributed by atoms with Gasteiger partial charge in [-0.15, -0.1) is 0 Å². The van der Waals surface area contributed by atoms with Gasteiger partial charge in [-0.2, -0.15) is 5.10 Å². The number of hydrogen-bond donors (Lipinski definition) is 1. The lowest BCUT2D eigenvalue weighted by atomic mass is 10.2. The summed E-state index contributed by atoms with van der Waals surface area (Å²) >= 11 is 0. The molecule has 0 saturated heterocycles. The van der Waals surface area contributed by atoms with Gasteiger partial charge in [-0.25, -0.2) is 9.67 Å². The van der Waals surface area contributed by atoms with Crippen LogP contribution in [0, 0.1) is 0 Å². The molecule has 2 aromatic rings. The van der Waals surface area contributed by atoms with Crippen LogP contribution >= 0.6 is 0 Å². The molecule has 0 aromatic carbocycles. The molecule has 1 aliphatic carbocycles. The van der Waals surface area contributed by atoms with Crippen molar-refractivity contribution >= 4 is 11.0 Å². The van der Waals surface area contributed by atoms with Gasteiger partial charge in [-0.3, -0.25) is 0 Å². The summed E-state index contributed by atoms with van der Waals surface area (Å²) in [6.07, 6.45) is 8.89. The van der Waals surface area contributed by atoms with E-state index in [1.54, 1.807) is 0 Å². The van der Waals surface area contributed by atoms with Crippen molar-refractivity contribution in [2.45, 2.75) is 51.7 Å². The Morgan fingerprint density at radius 1 is 1.39 bits per heavy atom. The maximum Gasteiger partial charge on any atom is 0.157 e. The molecule has 0 spiro atoms. The van der Waals surface area contributed by atoms with E-state index in [4.69, 9.17) is 0 Å². The first-order valence-electron chi connectivity index (χ1n) is 6.90. The van der Waals surface area contributed by atoms with E-state index in [1.165, 1.54) is 24.8 Å². The Kier molecular flexibility index (Phi) is 3.28. The van der Waals surface area contributed by atoms with Crippen LogP contribution < -0.4 is 5.32 Å². The largest absolute Gasteiger partial charge is 0.310 e. The second-order valence-electron chi connectivity index (χ2n) is 5.13. The first-order chi connectivity index (χ1) is 8.86. The number of pyridine rings is 1. The first-order valence-corrected chi connectivity index (χ1v) is 6.90. The van der Waals surface area contributed by atoms with E-state index in [2.05, 4.69) is 28.4 Å². The minimum Gasteiger partial charge on any atom is -0.310 e. The van der Waals surface area contributed by atoms with Crippen LogP contribution in [0.1, 0.15) is 38.2 Å². The monoisotopic (exact) mass is 244 g/mol. The third kappa shape index (κ3) is 2.53. The van der Waals surface area contributed by atoms with Gasteiger partial charge in [-0.05, 0) is 30.9 Å². The molecule has 0 aliphatic heterocycles. The lowest BCUT2D eigenvalue weighted by Gasteiger charge is -2.04. The highest BCUT2D eigenvalue weighted by molar-refractivity contribution is 5.74. The molecule has 2 heterocycles. The number of hydrogen-bond acceptors (Lipinski definition) is 3. The molecule has 0 amide bonds. The van der Waals surface area contributed by atoms with Gasteiger partial charge >= 0.3 is 0 Å². The Morgan fingerprint density at radius 3 is 3.06 bits per heavy atom. The van der Waals surface area contributed by atoms with Crippen molar-refractivity contribution in [2.24, 2.45) is 0 Å². The van der Waals surface area contributed by atoms with Crippen LogP contribution in [0.4, 0.5) is 0 Å². The molecule has 0 bridgehead atoms. The molecule has 2 aromatic heterocycles. The number of aryl methyl sites for hydroxylation is 1. The van der Waals surface area contributed by atoms with Gasteiger partial charge in [0.15, 0.2) is 5.65 Å². The van der Waals surface area contributed by atoms with Crippen molar-refractivity contribution < 1.29 is 0 Å². The third-order valence-corrected chi connectivity index (χ3v) is 3.43. The van der Waals surface area contributed by atoms with Crippen molar-refractivity contribution in [1.29, 1.82) is 0 Å². The third-order valence-electron chi connectivity index (χ3n) is 3.43. The van der Waals surface area contributed by atoms with Crippen LogP contribution in [-0.4, -0.2) is 20.8 Å². The van der Waals surface area contributed by atoms with Crippen molar-refractivity contribution in [3.05, 3.63) is 24.0 Å². The van der Waals surface area contributed by atoms with Crippen LogP contribution in [0.5, 0.6) is 0 Å². The molecule has 18 heavy (non-hydrogen) atoms. The molecular formula is C14H20N4. The molecule has 1 saturated carbocycles. The molecule has 1 N–H and O–H groups in total. The minimum atomic E-state index is 0.743. The van der Waals surface area contributed by atoms with Gasteiger partial charge in [-0.1, -0.05) is 13.3 Å². The van der Waals surface area contributed by atoms with E-state index in [9.17, 15) is 0 Å². The number of rotatable bonds is 6. The van der Waals surface area contributed by atoms with E-state index in [-0.39, 0.29) is 0 Å². The molecule has 3 rings (SSSR count). The summed E-state index contributed by atoms with van der Waals surface area (Å²) in [6, 6.07) is 2.95. The van der Waals surface area contributed by atoms with Gasteiger partial charge in [0.2, 0.25) is 0 Å². The minimum absolute atomic E-state index is 0.743. The standard InChI is InChI=1S/C14H20N4/c1-2-3-6-18-14-12(10-17-18)7-11(9-16-14)8-15-13-4-5-13/h7,9-10,13,15H,2-6,8H2,1H3. The van der Waals surface area contributed by atoms with Gasteiger partial charge in [0.1, 0.15) is 0 Å². The number of aromatic nitrogens is 3. The fourth-order valence-electron chi connectivity index (χ4n) is 2.14. The fraction of sp³-hybridized carbons (Fsp3) is 0.571. The Bertz CT molecular complexity index is 528. The van der Waals surface area contributed by atoms with Crippen LogP contribution in [-0.2, 0) is 13.1 Å².